The van der Waals surface area contributed by atoms with Crippen LogP contribution < -0.4 is 0 Å². The van der Waals surface area contributed by atoms with E-state index in [9.17, 15) is 19.2 Å². The van der Waals surface area contributed by atoms with Gasteiger partial charge in [-0.3, -0.25) is 19.2 Å². The molecule has 2 aliphatic heterocycles. The van der Waals surface area contributed by atoms with E-state index < -0.39 is 23.4 Å². The predicted octanol–water partition coefficient (Wildman–Crippen LogP) is -0.919. The van der Waals surface area contributed by atoms with Crippen LogP contribution >= 0.6 is 0 Å². The second-order valence-corrected chi connectivity index (χ2v) is 4.93. The molecule has 2 fully saturated rings. The third-order valence-electron chi connectivity index (χ3n) is 3.73. The summed E-state index contributed by atoms with van der Waals surface area (Å²) in [5.74, 6) is -3.77. The lowest BCUT2D eigenvalue weighted by molar-refractivity contribution is -0.148. The predicted molar refractivity (Wildman–Crippen MR) is 61.5 cm³/mol. The van der Waals surface area contributed by atoms with Crippen molar-refractivity contribution in [3.8, 4) is 0 Å². The fourth-order valence-electron chi connectivity index (χ4n) is 2.47. The molecular weight excluding hydrogens is 236 g/mol. The van der Waals surface area contributed by atoms with Crippen LogP contribution in [0.25, 0.3) is 0 Å². The largest absolute Gasteiger partial charge is 0.345 e. The molecule has 0 saturated carbocycles. The Morgan fingerprint density at radius 3 is 1.44 bits per heavy atom. The summed E-state index contributed by atoms with van der Waals surface area (Å²) < 4.78 is 0. The van der Waals surface area contributed by atoms with Gasteiger partial charge in [-0.25, -0.2) is 0 Å². The van der Waals surface area contributed by atoms with Crippen molar-refractivity contribution < 1.29 is 19.2 Å². The molecule has 0 aromatic rings. The van der Waals surface area contributed by atoms with Gasteiger partial charge in [-0.05, 0) is 12.8 Å². The van der Waals surface area contributed by atoms with E-state index in [1.165, 1.54) is 9.80 Å². The first-order chi connectivity index (χ1) is 8.43. The Morgan fingerprint density at radius 2 is 1.22 bits per heavy atom. The van der Waals surface area contributed by atoms with Gasteiger partial charge < -0.3 is 9.80 Å². The van der Waals surface area contributed by atoms with Gasteiger partial charge in [0.2, 0.25) is 23.4 Å². The topological polar surface area (TPSA) is 74.8 Å². The molecule has 0 aromatic heterocycles. The summed E-state index contributed by atoms with van der Waals surface area (Å²) in [6.45, 7) is 0.974. The lowest BCUT2D eigenvalue weighted by Crippen LogP contribution is -2.37. The lowest BCUT2D eigenvalue weighted by atomic mass is 9.91. The van der Waals surface area contributed by atoms with Gasteiger partial charge in [-0.2, -0.15) is 0 Å². The first kappa shape index (κ1) is 12.7. The van der Waals surface area contributed by atoms with Crippen LogP contribution in [-0.2, 0) is 19.2 Å². The van der Waals surface area contributed by atoms with Crippen LogP contribution in [-0.4, -0.2) is 60.4 Å². The first-order valence-corrected chi connectivity index (χ1v) is 6.01. The number of ketones is 2. The van der Waals surface area contributed by atoms with E-state index in [0.29, 0.717) is 25.9 Å². The highest BCUT2D eigenvalue weighted by atomic mass is 16.2. The minimum Gasteiger partial charge on any atom is -0.345 e. The maximum Gasteiger partial charge on any atom is 0.233 e. The molecule has 2 amide bonds. The lowest BCUT2D eigenvalue weighted by Gasteiger charge is -2.11. The van der Waals surface area contributed by atoms with Crippen LogP contribution in [0.15, 0.2) is 0 Å². The van der Waals surface area contributed by atoms with E-state index in [2.05, 4.69) is 0 Å². The van der Waals surface area contributed by atoms with Crippen molar-refractivity contribution in [1.82, 2.24) is 9.80 Å². The van der Waals surface area contributed by atoms with E-state index in [-0.39, 0.29) is 11.8 Å². The van der Waals surface area contributed by atoms with Crippen molar-refractivity contribution in [3.05, 3.63) is 0 Å². The number of likely N-dealkylation sites (tertiary alicyclic amines) is 2. The zero-order valence-electron chi connectivity index (χ0n) is 10.5. The van der Waals surface area contributed by atoms with Crippen molar-refractivity contribution in [3.63, 3.8) is 0 Å². The normalized spacial score (nSPS) is 28.1. The Balaban J connectivity index is 2.08. The molecule has 6 heteroatoms. The number of carbonyl (C=O) groups is 4. The molecule has 0 bridgehead atoms. The smallest absolute Gasteiger partial charge is 0.233 e. The molecule has 2 heterocycles. The molecule has 6 nitrogen and oxygen atoms in total. The molecule has 0 radical (unpaired) electrons. The summed E-state index contributed by atoms with van der Waals surface area (Å²) in [7, 11) is 3.21. The van der Waals surface area contributed by atoms with E-state index in [1.54, 1.807) is 14.1 Å². The van der Waals surface area contributed by atoms with Gasteiger partial charge in [0.15, 0.2) is 0 Å². The van der Waals surface area contributed by atoms with Crippen LogP contribution in [0.1, 0.15) is 12.8 Å². The highest BCUT2D eigenvalue weighted by Gasteiger charge is 2.44. The summed E-state index contributed by atoms with van der Waals surface area (Å²) in [5.41, 5.74) is 0. The van der Waals surface area contributed by atoms with Gasteiger partial charge >= 0.3 is 0 Å². The average molecular weight is 252 g/mol. The molecule has 2 rings (SSSR count). The van der Waals surface area contributed by atoms with Crippen LogP contribution in [0, 0.1) is 11.8 Å². The highest BCUT2D eigenvalue weighted by Crippen LogP contribution is 2.23. The molecule has 2 atom stereocenters. The van der Waals surface area contributed by atoms with Crippen molar-refractivity contribution in [2.45, 2.75) is 12.8 Å². The third kappa shape index (κ3) is 1.91. The van der Waals surface area contributed by atoms with Crippen LogP contribution in [0.3, 0.4) is 0 Å². The van der Waals surface area contributed by atoms with Crippen molar-refractivity contribution in [2.24, 2.45) is 11.8 Å². The Labute approximate surface area is 105 Å². The fraction of sp³-hybridized carbons (Fsp3) is 0.667. The van der Waals surface area contributed by atoms with Gasteiger partial charge in [-0.15, -0.1) is 0 Å². The molecule has 0 aromatic carbocycles. The molecule has 0 N–H and O–H groups in total. The van der Waals surface area contributed by atoms with Gasteiger partial charge in [0.05, 0.1) is 0 Å². The van der Waals surface area contributed by atoms with E-state index in [4.69, 9.17) is 0 Å². The molecule has 0 spiro atoms. The SMILES string of the molecule is CN1CCC(C(=O)C(=O)C2CCN(C)C2=O)C1=O. The number of amides is 2. The first-order valence-electron chi connectivity index (χ1n) is 6.01. The summed E-state index contributed by atoms with van der Waals surface area (Å²) in [4.78, 5) is 50.2. The van der Waals surface area contributed by atoms with Crippen molar-refractivity contribution >= 4 is 23.4 Å². The number of carbonyl (C=O) groups excluding carboxylic acids is 4. The van der Waals surface area contributed by atoms with Crippen LogP contribution in [0.2, 0.25) is 0 Å². The summed E-state index contributed by atoms with van der Waals surface area (Å²) in [6.07, 6.45) is 0.743. The number of hydrogen-bond acceptors (Lipinski definition) is 4. The number of nitrogens with zero attached hydrogens (tertiary/aromatic N) is 2. The maximum absolute atomic E-state index is 12.0. The van der Waals surface area contributed by atoms with Gasteiger partial charge in [0.1, 0.15) is 11.8 Å². The molecular formula is C12H16N2O4. The van der Waals surface area contributed by atoms with Gasteiger partial charge in [-0.1, -0.05) is 0 Å². The number of Topliss-reactive ketones (excluding diaryl/α,β-unsaturated/α-hetero) is 2. The average Bonchev–Trinajstić information content (AvgIpc) is 2.84. The summed E-state index contributed by atoms with van der Waals surface area (Å²) in [6, 6.07) is 0. The van der Waals surface area contributed by atoms with Crippen molar-refractivity contribution in [2.75, 3.05) is 27.2 Å². The quantitative estimate of drug-likeness (QED) is 0.481. The molecule has 2 unspecified atom stereocenters. The Hall–Kier alpha value is -1.72. The van der Waals surface area contributed by atoms with Crippen LogP contribution in [0.4, 0.5) is 0 Å². The molecule has 98 valence electrons. The standard InChI is InChI=1S/C12H16N2O4/c1-13-5-3-7(11(13)17)9(15)10(16)8-4-6-14(2)12(8)18/h7-8H,3-6H2,1-2H3. The zero-order valence-corrected chi connectivity index (χ0v) is 10.5. The Kier molecular flexibility index (Phi) is 3.19. The number of rotatable bonds is 3. The molecule has 0 aliphatic carbocycles. The van der Waals surface area contributed by atoms with E-state index in [0.717, 1.165) is 0 Å². The monoisotopic (exact) mass is 252 g/mol. The minimum absolute atomic E-state index is 0.313. The number of hydrogen-bond donors (Lipinski definition) is 0. The second-order valence-electron chi connectivity index (χ2n) is 4.93. The highest BCUT2D eigenvalue weighted by molar-refractivity contribution is 6.45. The van der Waals surface area contributed by atoms with E-state index in [1.807, 2.05) is 0 Å². The van der Waals surface area contributed by atoms with Gasteiger partial charge in [0.25, 0.3) is 0 Å². The molecule has 18 heavy (non-hydrogen) atoms. The summed E-state index contributed by atoms with van der Waals surface area (Å²) >= 11 is 0. The van der Waals surface area contributed by atoms with E-state index >= 15 is 0 Å². The summed E-state index contributed by atoms with van der Waals surface area (Å²) in [5, 5.41) is 0. The minimum atomic E-state index is -0.874. The van der Waals surface area contributed by atoms with Gasteiger partial charge in [0, 0.05) is 27.2 Å². The fourth-order valence-corrected chi connectivity index (χ4v) is 2.47. The Bertz CT molecular complexity index is 392. The molecule has 2 aliphatic rings. The van der Waals surface area contributed by atoms with Crippen molar-refractivity contribution in [1.29, 1.82) is 0 Å². The third-order valence-corrected chi connectivity index (χ3v) is 3.73. The van der Waals surface area contributed by atoms with Crippen LogP contribution in [0.5, 0.6) is 0 Å². The zero-order chi connectivity index (χ0) is 13.4. The molecule has 2 saturated heterocycles. The maximum atomic E-state index is 12.0. The second kappa shape index (κ2) is 4.51. The Morgan fingerprint density at radius 1 is 0.889 bits per heavy atom.